The fourth-order valence-electron chi connectivity index (χ4n) is 0.787. The van der Waals surface area contributed by atoms with Crippen LogP contribution in [0.25, 0.3) is 0 Å². The van der Waals surface area contributed by atoms with Gasteiger partial charge in [0.1, 0.15) is 0 Å². The van der Waals surface area contributed by atoms with Crippen molar-refractivity contribution < 1.29 is 9.59 Å². The van der Waals surface area contributed by atoms with Crippen LogP contribution < -0.4 is 5.32 Å². The Morgan fingerprint density at radius 3 is 2.73 bits per heavy atom. The molecular weight excluding hydrogens is 168 g/mol. The molecule has 1 saturated heterocycles. The van der Waals surface area contributed by atoms with Crippen LogP contribution in [-0.2, 0) is 4.79 Å². The van der Waals surface area contributed by atoms with Gasteiger partial charge in [-0.2, -0.15) is 0 Å². The highest BCUT2D eigenvalue weighted by atomic mass is 35.5. The van der Waals surface area contributed by atoms with E-state index in [0.717, 1.165) is 4.90 Å². The molecule has 1 aliphatic rings. The normalized spacial score (nSPS) is 17.0. The van der Waals surface area contributed by atoms with Gasteiger partial charge in [0, 0.05) is 5.03 Å². The second-order valence-corrected chi connectivity index (χ2v) is 2.69. The van der Waals surface area contributed by atoms with Gasteiger partial charge >= 0.3 is 6.03 Å². The van der Waals surface area contributed by atoms with E-state index in [1.807, 2.05) is 0 Å². The lowest BCUT2D eigenvalue weighted by Gasteiger charge is -2.09. The van der Waals surface area contributed by atoms with E-state index in [4.69, 9.17) is 11.6 Å². The summed E-state index contributed by atoms with van der Waals surface area (Å²) in [7, 11) is 0. The van der Waals surface area contributed by atoms with E-state index < -0.39 is 6.03 Å². The first kappa shape index (κ1) is 8.07. The van der Waals surface area contributed by atoms with Gasteiger partial charge in [-0.3, -0.25) is 9.69 Å². The number of amides is 3. The number of carbonyl (C=O) groups is 2. The van der Waals surface area contributed by atoms with Crippen molar-refractivity contribution in [1.29, 1.82) is 0 Å². The Kier molecular flexibility index (Phi) is 2.14. The lowest BCUT2D eigenvalue weighted by Crippen LogP contribution is -2.31. The van der Waals surface area contributed by atoms with Crippen LogP contribution >= 0.6 is 11.6 Å². The number of nitrogens with one attached hydrogen (secondary N) is 1. The predicted molar refractivity (Wildman–Crippen MR) is 40.1 cm³/mol. The Labute approximate surface area is 68.8 Å². The molecule has 0 spiro atoms. The summed E-state index contributed by atoms with van der Waals surface area (Å²) in [6.07, 6.45) is 0. The molecule has 3 amide bonds. The molecule has 4 nitrogen and oxygen atoms in total. The predicted octanol–water partition coefficient (Wildman–Crippen LogP) is 0.291. The Morgan fingerprint density at radius 1 is 1.73 bits per heavy atom. The van der Waals surface area contributed by atoms with Crippen molar-refractivity contribution in [2.24, 2.45) is 0 Å². The molecule has 0 aliphatic carbocycles. The maximum absolute atomic E-state index is 10.9. The van der Waals surface area contributed by atoms with Crippen LogP contribution in [0.15, 0.2) is 11.6 Å². The molecule has 11 heavy (non-hydrogen) atoms. The lowest BCUT2D eigenvalue weighted by atomic mass is 10.5. The Bertz CT molecular complexity index is 211. The average Bonchev–Trinajstić information content (AvgIpc) is 2.18. The minimum atomic E-state index is -0.406. The molecule has 5 heteroatoms. The Morgan fingerprint density at radius 2 is 2.36 bits per heavy atom. The zero-order chi connectivity index (χ0) is 8.43. The molecule has 0 unspecified atom stereocenters. The van der Waals surface area contributed by atoms with E-state index in [1.54, 1.807) is 0 Å². The van der Waals surface area contributed by atoms with Gasteiger partial charge in [0.05, 0.1) is 13.1 Å². The van der Waals surface area contributed by atoms with Crippen molar-refractivity contribution in [2.45, 2.75) is 0 Å². The van der Waals surface area contributed by atoms with Gasteiger partial charge < -0.3 is 5.32 Å². The van der Waals surface area contributed by atoms with Crippen LogP contribution in [0, 0.1) is 0 Å². The fraction of sp³-hybridized carbons (Fsp3) is 0.333. The smallest absolute Gasteiger partial charge is 0.324 e. The molecular formula is C6H7ClN2O2. The molecule has 1 aliphatic heterocycles. The first-order chi connectivity index (χ1) is 5.11. The maximum atomic E-state index is 10.9. The number of hydrogen-bond acceptors (Lipinski definition) is 2. The van der Waals surface area contributed by atoms with E-state index in [1.165, 1.54) is 0 Å². The van der Waals surface area contributed by atoms with Crippen LogP contribution in [0.2, 0.25) is 0 Å². The molecule has 0 radical (unpaired) electrons. The first-order valence-corrected chi connectivity index (χ1v) is 3.40. The largest absolute Gasteiger partial charge is 0.329 e. The molecule has 1 heterocycles. The van der Waals surface area contributed by atoms with E-state index >= 15 is 0 Å². The highest BCUT2D eigenvalue weighted by molar-refractivity contribution is 6.29. The number of imide groups is 1. The highest BCUT2D eigenvalue weighted by Gasteiger charge is 2.27. The van der Waals surface area contributed by atoms with Crippen molar-refractivity contribution in [1.82, 2.24) is 10.2 Å². The zero-order valence-electron chi connectivity index (χ0n) is 5.76. The summed E-state index contributed by atoms with van der Waals surface area (Å²) < 4.78 is 0. The van der Waals surface area contributed by atoms with E-state index in [2.05, 4.69) is 11.9 Å². The monoisotopic (exact) mass is 174 g/mol. The molecule has 0 aromatic rings. The molecule has 0 aromatic carbocycles. The van der Waals surface area contributed by atoms with Crippen LogP contribution in [-0.4, -0.2) is 29.9 Å². The minimum Gasteiger partial charge on any atom is -0.329 e. The summed E-state index contributed by atoms with van der Waals surface area (Å²) in [4.78, 5) is 22.7. The minimum absolute atomic E-state index is 0.0585. The van der Waals surface area contributed by atoms with Gasteiger partial charge in [0.2, 0.25) is 5.91 Å². The van der Waals surface area contributed by atoms with Crippen molar-refractivity contribution in [3.05, 3.63) is 11.6 Å². The number of urea groups is 1. The molecule has 60 valence electrons. The third-order valence-corrected chi connectivity index (χ3v) is 1.39. The average molecular weight is 175 g/mol. The van der Waals surface area contributed by atoms with Crippen molar-refractivity contribution >= 4 is 23.5 Å². The topological polar surface area (TPSA) is 49.4 Å². The molecule has 0 saturated carbocycles. The number of halogens is 1. The second-order valence-electron chi connectivity index (χ2n) is 2.16. The maximum Gasteiger partial charge on any atom is 0.324 e. The van der Waals surface area contributed by atoms with Gasteiger partial charge in [0.25, 0.3) is 0 Å². The van der Waals surface area contributed by atoms with Gasteiger partial charge in [-0.05, 0) is 0 Å². The summed E-state index contributed by atoms with van der Waals surface area (Å²) in [6.45, 7) is 3.53. The van der Waals surface area contributed by atoms with Crippen LogP contribution in [0.1, 0.15) is 0 Å². The standard InChI is InChI=1S/C6H7ClN2O2/c1-4(7)3-9-5(10)2-8-6(9)11/h1-3H2,(H,8,11). The molecule has 0 bridgehead atoms. The van der Waals surface area contributed by atoms with Crippen molar-refractivity contribution in [2.75, 3.05) is 13.1 Å². The van der Waals surface area contributed by atoms with E-state index in [9.17, 15) is 9.59 Å². The quantitative estimate of drug-likeness (QED) is 0.612. The van der Waals surface area contributed by atoms with Crippen LogP contribution in [0.3, 0.4) is 0 Å². The molecule has 1 rings (SSSR count). The number of hydrogen-bond donors (Lipinski definition) is 1. The Hall–Kier alpha value is -1.03. The molecule has 1 N–H and O–H groups in total. The third kappa shape index (κ3) is 1.71. The lowest BCUT2D eigenvalue weighted by molar-refractivity contribution is -0.124. The summed E-state index contributed by atoms with van der Waals surface area (Å²) in [5.41, 5.74) is 0. The summed E-state index contributed by atoms with van der Waals surface area (Å²) >= 11 is 5.42. The first-order valence-electron chi connectivity index (χ1n) is 3.02. The zero-order valence-corrected chi connectivity index (χ0v) is 6.52. The van der Waals surface area contributed by atoms with Crippen molar-refractivity contribution in [3.63, 3.8) is 0 Å². The van der Waals surface area contributed by atoms with Crippen LogP contribution in [0.5, 0.6) is 0 Å². The number of rotatable bonds is 2. The Balaban J connectivity index is 2.62. The summed E-state index contributed by atoms with van der Waals surface area (Å²) in [5.74, 6) is -0.267. The molecule has 0 atom stereocenters. The van der Waals surface area contributed by atoms with Gasteiger partial charge in [-0.15, -0.1) is 0 Å². The van der Waals surface area contributed by atoms with Crippen LogP contribution in [0.4, 0.5) is 4.79 Å². The summed E-state index contributed by atoms with van der Waals surface area (Å²) in [5, 5.41) is 2.64. The molecule has 1 fully saturated rings. The van der Waals surface area contributed by atoms with Gasteiger partial charge in [-0.25, -0.2) is 4.79 Å². The fourth-order valence-corrected chi connectivity index (χ4v) is 0.906. The SMILES string of the molecule is C=C(Cl)CN1C(=O)CNC1=O. The van der Waals surface area contributed by atoms with Gasteiger partial charge in [0.15, 0.2) is 0 Å². The second kappa shape index (κ2) is 2.92. The number of carbonyl (C=O) groups excluding carboxylic acids is 2. The highest BCUT2D eigenvalue weighted by Crippen LogP contribution is 2.05. The van der Waals surface area contributed by atoms with Crippen molar-refractivity contribution in [3.8, 4) is 0 Å². The molecule has 0 aromatic heterocycles. The number of nitrogens with zero attached hydrogens (tertiary/aromatic N) is 1. The third-order valence-electron chi connectivity index (χ3n) is 1.27. The van der Waals surface area contributed by atoms with E-state index in [0.29, 0.717) is 0 Å². The van der Waals surface area contributed by atoms with E-state index in [-0.39, 0.29) is 24.0 Å². The summed E-state index contributed by atoms with van der Waals surface area (Å²) in [6, 6.07) is -0.406. The van der Waals surface area contributed by atoms with Gasteiger partial charge in [-0.1, -0.05) is 18.2 Å².